The first kappa shape index (κ1) is 18.1. The van der Waals surface area contributed by atoms with Crippen LogP contribution < -0.4 is 16.3 Å². The number of nitrogens with one attached hydrogen (secondary N) is 2. The Morgan fingerprint density at radius 3 is 2.60 bits per heavy atom. The molecule has 0 saturated carbocycles. The minimum atomic E-state index is -0.347. The summed E-state index contributed by atoms with van der Waals surface area (Å²) in [6.07, 6.45) is 1.74. The van der Waals surface area contributed by atoms with Gasteiger partial charge in [0.05, 0.1) is 17.1 Å². The van der Waals surface area contributed by atoms with Crippen molar-refractivity contribution in [3.8, 4) is 11.1 Å². The number of amidine groups is 1. The zero-order chi connectivity index (χ0) is 20.5. The van der Waals surface area contributed by atoms with Crippen molar-refractivity contribution in [1.29, 1.82) is 0 Å². The van der Waals surface area contributed by atoms with Gasteiger partial charge in [0, 0.05) is 17.1 Å². The van der Waals surface area contributed by atoms with E-state index in [-0.39, 0.29) is 11.7 Å². The number of rotatable bonds is 3. The smallest absolute Gasteiger partial charge is 0.343 e. The summed E-state index contributed by atoms with van der Waals surface area (Å²) < 4.78 is 5.86. The fourth-order valence-electron chi connectivity index (χ4n) is 3.83. The summed E-state index contributed by atoms with van der Waals surface area (Å²) in [5.41, 5.74) is 3.22. The summed E-state index contributed by atoms with van der Waals surface area (Å²) in [6.45, 7) is 2.42. The van der Waals surface area contributed by atoms with Crippen molar-refractivity contribution in [2.75, 3.05) is 12.0 Å². The van der Waals surface area contributed by atoms with Crippen LogP contribution in [0.5, 0.6) is 0 Å². The maximum absolute atomic E-state index is 12.7. The quantitative estimate of drug-likeness (QED) is 0.539. The molecule has 1 aliphatic rings. The summed E-state index contributed by atoms with van der Waals surface area (Å²) in [4.78, 5) is 21.7. The van der Waals surface area contributed by atoms with Gasteiger partial charge in [0.1, 0.15) is 18.1 Å². The molecule has 1 aliphatic heterocycles. The van der Waals surface area contributed by atoms with Gasteiger partial charge < -0.3 is 15.1 Å². The molecule has 6 nitrogen and oxygen atoms in total. The third-order valence-corrected chi connectivity index (χ3v) is 5.21. The second kappa shape index (κ2) is 7.48. The molecular formula is C24H20N4O2. The fourth-order valence-corrected chi connectivity index (χ4v) is 3.83. The zero-order valence-corrected chi connectivity index (χ0v) is 16.4. The minimum Gasteiger partial charge on any atom is -0.425 e. The van der Waals surface area contributed by atoms with E-state index in [4.69, 9.17) is 4.42 Å². The van der Waals surface area contributed by atoms with E-state index >= 15 is 0 Å². The maximum Gasteiger partial charge on any atom is 0.343 e. The Hall–Kier alpha value is -3.93. The molecule has 3 heterocycles. The predicted octanol–water partition coefficient (Wildman–Crippen LogP) is 4.34. The van der Waals surface area contributed by atoms with Crippen LogP contribution in [0.4, 0.5) is 5.69 Å². The molecule has 4 aromatic rings. The Balaban J connectivity index is 1.64. The van der Waals surface area contributed by atoms with Crippen molar-refractivity contribution in [2.45, 2.75) is 13.0 Å². The number of aromatic nitrogens is 1. The molecule has 6 heteroatoms. The van der Waals surface area contributed by atoms with Crippen LogP contribution in [-0.4, -0.2) is 17.5 Å². The van der Waals surface area contributed by atoms with E-state index in [1.807, 2.05) is 67.6 Å². The van der Waals surface area contributed by atoms with Crippen LogP contribution in [0.3, 0.4) is 0 Å². The van der Waals surface area contributed by atoms with Crippen LogP contribution in [0, 0.1) is 0 Å². The van der Waals surface area contributed by atoms with Crippen molar-refractivity contribution in [3.63, 3.8) is 0 Å². The maximum atomic E-state index is 12.7. The highest BCUT2D eigenvalue weighted by molar-refractivity contribution is 6.03. The van der Waals surface area contributed by atoms with E-state index in [0.29, 0.717) is 23.7 Å². The lowest BCUT2D eigenvalue weighted by molar-refractivity contribution is 0.430. The largest absolute Gasteiger partial charge is 0.425 e. The molecule has 0 saturated heterocycles. The number of nitrogens with zero attached hydrogens (tertiary/aromatic N) is 2. The molecule has 0 bridgehead atoms. The molecule has 2 aromatic carbocycles. The molecule has 1 atom stereocenters. The first-order valence-electron chi connectivity index (χ1n) is 9.84. The molecule has 0 aliphatic carbocycles. The van der Waals surface area contributed by atoms with Crippen LogP contribution in [0.2, 0.25) is 0 Å². The summed E-state index contributed by atoms with van der Waals surface area (Å²) in [7, 11) is 0. The average molecular weight is 396 g/mol. The van der Waals surface area contributed by atoms with Gasteiger partial charge in [-0.05, 0) is 30.7 Å². The van der Waals surface area contributed by atoms with Gasteiger partial charge in [-0.2, -0.15) is 0 Å². The Morgan fingerprint density at radius 1 is 1.00 bits per heavy atom. The average Bonchev–Trinajstić information content (AvgIpc) is 2.80. The van der Waals surface area contributed by atoms with E-state index < -0.39 is 0 Å². The minimum absolute atomic E-state index is 0.302. The second-order valence-electron chi connectivity index (χ2n) is 7.15. The van der Waals surface area contributed by atoms with Gasteiger partial charge in [-0.1, -0.05) is 48.5 Å². The van der Waals surface area contributed by atoms with Gasteiger partial charge in [-0.3, -0.25) is 4.98 Å². The fraction of sp³-hybridized carbons (Fsp3) is 0.125. The van der Waals surface area contributed by atoms with Crippen LogP contribution in [0.25, 0.3) is 21.9 Å². The lowest BCUT2D eigenvalue weighted by Crippen LogP contribution is -2.33. The lowest BCUT2D eigenvalue weighted by atomic mass is 9.96. The van der Waals surface area contributed by atoms with E-state index in [2.05, 4.69) is 20.6 Å². The van der Waals surface area contributed by atoms with Crippen molar-refractivity contribution in [3.05, 3.63) is 94.8 Å². The monoisotopic (exact) mass is 396 g/mol. The number of fused-ring (bicyclic) bond motifs is 2. The molecule has 2 N–H and O–H groups in total. The highest BCUT2D eigenvalue weighted by Crippen LogP contribution is 2.34. The van der Waals surface area contributed by atoms with Gasteiger partial charge in [-0.25, -0.2) is 9.79 Å². The molecular weight excluding hydrogens is 376 g/mol. The number of aliphatic imine (C=N–C) groups is 1. The van der Waals surface area contributed by atoms with Gasteiger partial charge >= 0.3 is 5.63 Å². The molecule has 30 heavy (non-hydrogen) atoms. The SMILES string of the molecule is CC(NC1=NCNc2cccnc21)c1oc(=O)c2ccccc2c1-c1ccccc1. The lowest BCUT2D eigenvalue weighted by Gasteiger charge is -2.23. The van der Waals surface area contributed by atoms with Gasteiger partial charge in [-0.15, -0.1) is 0 Å². The molecule has 0 fully saturated rings. The second-order valence-corrected chi connectivity index (χ2v) is 7.15. The number of benzene rings is 2. The highest BCUT2D eigenvalue weighted by atomic mass is 16.4. The Bertz CT molecular complexity index is 1310. The molecule has 0 radical (unpaired) electrons. The van der Waals surface area contributed by atoms with E-state index in [1.165, 1.54) is 0 Å². The van der Waals surface area contributed by atoms with Crippen LogP contribution in [-0.2, 0) is 0 Å². The Labute approximate surface area is 173 Å². The van der Waals surface area contributed by atoms with Crippen molar-refractivity contribution < 1.29 is 4.42 Å². The number of pyridine rings is 1. The highest BCUT2D eigenvalue weighted by Gasteiger charge is 2.23. The van der Waals surface area contributed by atoms with E-state index in [1.54, 1.807) is 12.3 Å². The molecule has 5 rings (SSSR count). The van der Waals surface area contributed by atoms with Gasteiger partial charge in [0.15, 0.2) is 5.84 Å². The zero-order valence-electron chi connectivity index (χ0n) is 16.4. The Kier molecular flexibility index (Phi) is 4.52. The first-order valence-corrected chi connectivity index (χ1v) is 9.84. The molecule has 0 amide bonds. The van der Waals surface area contributed by atoms with Gasteiger partial charge in [0.2, 0.25) is 0 Å². The summed E-state index contributed by atoms with van der Waals surface area (Å²) in [5, 5.41) is 8.06. The topological polar surface area (TPSA) is 79.5 Å². The van der Waals surface area contributed by atoms with E-state index in [0.717, 1.165) is 27.9 Å². The molecule has 0 spiro atoms. The third-order valence-electron chi connectivity index (χ3n) is 5.21. The van der Waals surface area contributed by atoms with Gasteiger partial charge in [0.25, 0.3) is 0 Å². The molecule has 148 valence electrons. The van der Waals surface area contributed by atoms with Crippen molar-refractivity contribution >= 4 is 22.3 Å². The molecule has 2 aromatic heterocycles. The first-order chi connectivity index (χ1) is 14.7. The van der Waals surface area contributed by atoms with E-state index in [9.17, 15) is 4.79 Å². The Morgan fingerprint density at radius 2 is 1.77 bits per heavy atom. The summed E-state index contributed by atoms with van der Waals surface area (Å²) in [5.74, 6) is 1.25. The standard InChI is InChI=1S/C24H20N4O2/c1-15(28-23-21-19(26-14-27-23)12-7-13-25-21)22-20(16-8-3-2-4-9-16)17-10-5-6-11-18(17)24(29)30-22/h2-13,15,26H,14H2,1H3,(H,27,28). The normalized spacial score (nSPS) is 13.8. The van der Waals surface area contributed by atoms with Crippen LogP contribution >= 0.6 is 0 Å². The van der Waals surface area contributed by atoms with Crippen LogP contribution in [0.15, 0.2) is 87.1 Å². The van der Waals surface area contributed by atoms with Crippen molar-refractivity contribution in [2.24, 2.45) is 4.99 Å². The number of anilines is 1. The number of hydrogen-bond acceptors (Lipinski definition) is 6. The van der Waals surface area contributed by atoms with Crippen LogP contribution in [0.1, 0.15) is 24.4 Å². The molecule has 1 unspecified atom stereocenters. The number of hydrogen-bond donors (Lipinski definition) is 2. The summed E-state index contributed by atoms with van der Waals surface area (Å²) in [6, 6.07) is 21.1. The predicted molar refractivity (Wildman–Crippen MR) is 119 cm³/mol. The third kappa shape index (κ3) is 3.12. The van der Waals surface area contributed by atoms with Crippen molar-refractivity contribution in [1.82, 2.24) is 10.3 Å². The summed E-state index contributed by atoms with van der Waals surface area (Å²) >= 11 is 0.